The van der Waals surface area contributed by atoms with E-state index in [9.17, 15) is 0 Å². The molecule has 0 saturated carbocycles. The average Bonchev–Trinajstić information content (AvgIpc) is 2.68. The Morgan fingerprint density at radius 3 is 2.76 bits per heavy atom. The summed E-state index contributed by atoms with van der Waals surface area (Å²) in [4.78, 5) is 8.12. The van der Waals surface area contributed by atoms with Crippen molar-refractivity contribution < 1.29 is 4.74 Å². The van der Waals surface area contributed by atoms with Gasteiger partial charge in [-0.05, 0) is 48.1 Å². The summed E-state index contributed by atoms with van der Waals surface area (Å²) in [6.07, 6.45) is 8.50. The van der Waals surface area contributed by atoms with Crippen molar-refractivity contribution >= 4 is 0 Å². The van der Waals surface area contributed by atoms with Crippen LogP contribution in [0, 0.1) is 0 Å². The molecule has 0 spiro atoms. The highest BCUT2D eigenvalue weighted by Crippen LogP contribution is 2.29. The summed E-state index contributed by atoms with van der Waals surface area (Å²) in [7, 11) is 0. The molecule has 1 aromatic heterocycles. The monoisotopic (exact) mass is 331 g/mol. The van der Waals surface area contributed by atoms with Crippen molar-refractivity contribution in [1.29, 1.82) is 0 Å². The van der Waals surface area contributed by atoms with Crippen LogP contribution in [-0.2, 0) is 13.0 Å². The minimum Gasteiger partial charge on any atom is -0.438 e. The minimum absolute atomic E-state index is 0.445. The van der Waals surface area contributed by atoms with Crippen LogP contribution in [0.2, 0.25) is 0 Å². The normalized spacial score (nSPS) is 16.2. The minimum atomic E-state index is 0.445. The van der Waals surface area contributed by atoms with E-state index >= 15 is 0 Å². The molecule has 0 aliphatic heterocycles. The highest BCUT2D eigenvalue weighted by molar-refractivity contribution is 5.33. The van der Waals surface area contributed by atoms with E-state index < -0.39 is 0 Å². The summed E-state index contributed by atoms with van der Waals surface area (Å²) in [6, 6.07) is 17.3. The van der Waals surface area contributed by atoms with Gasteiger partial charge in [-0.15, -0.1) is 0 Å². The highest BCUT2D eigenvalue weighted by atomic mass is 16.5. The molecule has 25 heavy (non-hydrogen) atoms. The number of nitrogens with one attached hydrogen (secondary N) is 1. The smallest absolute Gasteiger partial charge is 0.237 e. The Kier molecular flexibility index (Phi) is 4.70. The summed E-state index contributed by atoms with van der Waals surface area (Å²) in [5.41, 5.74) is 4.19. The SMILES string of the molecule is c1ccc2c(c1)CCCC2NCc1ccc(Oc2cnccn2)cc1. The van der Waals surface area contributed by atoms with E-state index in [-0.39, 0.29) is 0 Å². The lowest BCUT2D eigenvalue weighted by Gasteiger charge is -2.26. The van der Waals surface area contributed by atoms with Gasteiger partial charge in [-0.25, -0.2) is 4.98 Å². The summed E-state index contributed by atoms with van der Waals surface area (Å²) in [6.45, 7) is 0.852. The number of rotatable bonds is 5. The van der Waals surface area contributed by atoms with Crippen molar-refractivity contribution in [1.82, 2.24) is 15.3 Å². The van der Waals surface area contributed by atoms with Gasteiger partial charge < -0.3 is 10.1 Å². The Labute approximate surface area is 147 Å². The van der Waals surface area contributed by atoms with E-state index in [0.717, 1.165) is 12.3 Å². The van der Waals surface area contributed by atoms with E-state index in [2.05, 4.69) is 51.7 Å². The van der Waals surface area contributed by atoms with Crippen molar-refractivity contribution in [3.8, 4) is 11.6 Å². The van der Waals surface area contributed by atoms with E-state index in [1.807, 2.05) is 12.1 Å². The van der Waals surface area contributed by atoms with E-state index in [1.54, 1.807) is 18.6 Å². The van der Waals surface area contributed by atoms with Gasteiger partial charge in [-0.3, -0.25) is 4.98 Å². The molecule has 0 radical (unpaired) electrons. The lowest BCUT2D eigenvalue weighted by Crippen LogP contribution is -2.24. The van der Waals surface area contributed by atoms with Gasteiger partial charge in [-0.2, -0.15) is 0 Å². The van der Waals surface area contributed by atoms with Crippen LogP contribution in [-0.4, -0.2) is 9.97 Å². The summed E-state index contributed by atoms with van der Waals surface area (Å²) in [5.74, 6) is 1.28. The lowest BCUT2D eigenvalue weighted by atomic mass is 9.87. The van der Waals surface area contributed by atoms with Crippen molar-refractivity contribution in [3.63, 3.8) is 0 Å². The van der Waals surface area contributed by atoms with Crippen LogP contribution in [0.3, 0.4) is 0 Å². The molecule has 126 valence electrons. The molecule has 0 saturated heterocycles. The van der Waals surface area contributed by atoms with Crippen LogP contribution in [0.25, 0.3) is 0 Å². The molecule has 4 heteroatoms. The maximum absolute atomic E-state index is 5.68. The first kappa shape index (κ1) is 15.8. The predicted molar refractivity (Wildman–Crippen MR) is 97.5 cm³/mol. The van der Waals surface area contributed by atoms with Crippen LogP contribution in [0.5, 0.6) is 11.6 Å². The van der Waals surface area contributed by atoms with Gasteiger partial charge in [0.1, 0.15) is 5.75 Å². The second-order valence-corrected chi connectivity index (χ2v) is 6.31. The molecule has 2 aromatic carbocycles. The fourth-order valence-corrected chi connectivity index (χ4v) is 3.34. The summed E-state index contributed by atoms with van der Waals surface area (Å²) >= 11 is 0. The lowest BCUT2D eigenvalue weighted by molar-refractivity contribution is 0.455. The molecule has 1 unspecified atom stereocenters. The van der Waals surface area contributed by atoms with Gasteiger partial charge in [0.15, 0.2) is 0 Å². The molecule has 1 aliphatic carbocycles. The Hall–Kier alpha value is -2.72. The Balaban J connectivity index is 1.38. The van der Waals surface area contributed by atoms with Crippen molar-refractivity contribution in [2.24, 2.45) is 0 Å². The molecule has 1 atom stereocenters. The number of hydrogen-bond acceptors (Lipinski definition) is 4. The topological polar surface area (TPSA) is 47.0 Å². The van der Waals surface area contributed by atoms with Gasteiger partial charge in [0.05, 0.1) is 6.20 Å². The second-order valence-electron chi connectivity index (χ2n) is 6.31. The van der Waals surface area contributed by atoms with E-state index in [1.165, 1.54) is 36.0 Å². The average molecular weight is 331 g/mol. The van der Waals surface area contributed by atoms with Crippen LogP contribution >= 0.6 is 0 Å². The number of benzene rings is 2. The number of aromatic nitrogens is 2. The fourth-order valence-electron chi connectivity index (χ4n) is 3.34. The molecule has 4 nitrogen and oxygen atoms in total. The zero-order valence-electron chi connectivity index (χ0n) is 14.1. The predicted octanol–water partition coefficient (Wildman–Crippen LogP) is 4.44. The highest BCUT2D eigenvalue weighted by Gasteiger charge is 2.18. The molecular formula is C21H21N3O. The molecule has 1 heterocycles. The number of nitrogens with zero attached hydrogens (tertiary/aromatic N) is 2. The first-order valence-electron chi connectivity index (χ1n) is 8.72. The number of ether oxygens (including phenoxy) is 1. The van der Waals surface area contributed by atoms with Gasteiger partial charge in [0, 0.05) is 25.0 Å². The third kappa shape index (κ3) is 3.86. The van der Waals surface area contributed by atoms with Gasteiger partial charge in [0.2, 0.25) is 5.88 Å². The van der Waals surface area contributed by atoms with Gasteiger partial charge in [-0.1, -0.05) is 36.4 Å². The zero-order chi connectivity index (χ0) is 16.9. The number of fused-ring (bicyclic) bond motifs is 1. The molecular weight excluding hydrogens is 310 g/mol. The van der Waals surface area contributed by atoms with Crippen LogP contribution < -0.4 is 10.1 Å². The zero-order valence-corrected chi connectivity index (χ0v) is 14.1. The number of aryl methyl sites for hydroxylation is 1. The third-order valence-electron chi connectivity index (χ3n) is 4.61. The summed E-state index contributed by atoms with van der Waals surface area (Å²) in [5, 5.41) is 3.70. The molecule has 1 N–H and O–H groups in total. The molecule has 0 bridgehead atoms. The van der Waals surface area contributed by atoms with Crippen molar-refractivity contribution in [2.45, 2.75) is 31.8 Å². The standard InChI is InChI=1S/C21H21N3O/c1-2-6-19-17(4-1)5-3-7-20(19)24-14-16-8-10-18(11-9-16)25-21-15-22-12-13-23-21/h1-2,4,6,8-13,15,20,24H,3,5,7,14H2. The maximum atomic E-state index is 5.68. The first-order valence-corrected chi connectivity index (χ1v) is 8.72. The number of hydrogen-bond donors (Lipinski definition) is 1. The molecule has 1 aliphatic rings. The van der Waals surface area contributed by atoms with Crippen LogP contribution in [0.4, 0.5) is 0 Å². The fraction of sp³-hybridized carbons (Fsp3) is 0.238. The van der Waals surface area contributed by atoms with Crippen molar-refractivity contribution in [3.05, 3.63) is 83.8 Å². The molecule has 0 fully saturated rings. The molecule has 3 aromatic rings. The Morgan fingerprint density at radius 1 is 1.04 bits per heavy atom. The van der Waals surface area contributed by atoms with Crippen LogP contribution in [0.1, 0.15) is 35.6 Å². The van der Waals surface area contributed by atoms with E-state index in [0.29, 0.717) is 11.9 Å². The maximum Gasteiger partial charge on any atom is 0.237 e. The van der Waals surface area contributed by atoms with Crippen LogP contribution in [0.15, 0.2) is 67.1 Å². The van der Waals surface area contributed by atoms with Gasteiger partial charge in [0.25, 0.3) is 0 Å². The summed E-state index contributed by atoms with van der Waals surface area (Å²) < 4.78 is 5.68. The van der Waals surface area contributed by atoms with E-state index in [4.69, 9.17) is 4.74 Å². The Bertz CT molecular complexity index is 818. The van der Waals surface area contributed by atoms with Gasteiger partial charge >= 0.3 is 0 Å². The third-order valence-corrected chi connectivity index (χ3v) is 4.61. The second kappa shape index (κ2) is 7.45. The quantitative estimate of drug-likeness (QED) is 0.751. The van der Waals surface area contributed by atoms with Crippen molar-refractivity contribution in [2.75, 3.05) is 0 Å². The Morgan fingerprint density at radius 2 is 1.92 bits per heavy atom. The largest absolute Gasteiger partial charge is 0.438 e. The molecule has 4 rings (SSSR count). The molecule has 0 amide bonds. The first-order chi connectivity index (χ1) is 12.4.